The standard InChI is InChI=1S/C14H17N3O5/c1-9(2)21-13(18)17(14(19)22-10(3)4)16-11(8-15)12-6-5-7-20-12/h5-7,9-10H,1-4H3/b16-11+. The van der Waals surface area contributed by atoms with Crippen molar-refractivity contribution in [2.24, 2.45) is 5.10 Å². The molecule has 0 spiro atoms. The lowest BCUT2D eigenvalue weighted by Crippen LogP contribution is -2.36. The number of carbonyl (C=O) groups excluding carboxylic acids is 2. The number of furan rings is 1. The van der Waals surface area contributed by atoms with Gasteiger partial charge in [0.2, 0.25) is 5.71 Å². The van der Waals surface area contributed by atoms with Gasteiger partial charge in [-0.3, -0.25) is 0 Å². The van der Waals surface area contributed by atoms with E-state index < -0.39 is 24.4 Å². The summed E-state index contributed by atoms with van der Waals surface area (Å²) in [5.41, 5.74) is -0.258. The molecule has 1 heterocycles. The molecule has 118 valence electrons. The second-order valence-electron chi connectivity index (χ2n) is 4.71. The maximum Gasteiger partial charge on any atom is 0.440 e. The van der Waals surface area contributed by atoms with Crippen molar-refractivity contribution in [2.75, 3.05) is 0 Å². The molecular formula is C14H17N3O5. The maximum absolute atomic E-state index is 12.0. The van der Waals surface area contributed by atoms with Crippen LogP contribution in [0.4, 0.5) is 9.59 Å². The number of ether oxygens (including phenoxy) is 2. The largest absolute Gasteiger partial charge is 0.462 e. The third-order valence-corrected chi connectivity index (χ3v) is 2.08. The molecular weight excluding hydrogens is 290 g/mol. The van der Waals surface area contributed by atoms with E-state index >= 15 is 0 Å². The van der Waals surface area contributed by atoms with Crippen molar-refractivity contribution < 1.29 is 23.5 Å². The van der Waals surface area contributed by atoms with E-state index in [9.17, 15) is 9.59 Å². The van der Waals surface area contributed by atoms with Gasteiger partial charge in [-0.05, 0) is 39.8 Å². The molecule has 8 heteroatoms. The highest BCUT2D eigenvalue weighted by Crippen LogP contribution is 2.09. The van der Waals surface area contributed by atoms with Crippen molar-refractivity contribution in [1.82, 2.24) is 5.01 Å². The van der Waals surface area contributed by atoms with Crippen LogP contribution < -0.4 is 0 Å². The first kappa shape index (κ1) is 17.2. The number of hydrazone groups is 1. The highest BCUT2D eigenvalue weighted by Gasteiger charge is 2.27. The van der Waals surface area contributed by atoms with Crippen molar-refractivity contribution in [1.29, 1.82) is 5.26 Å². The molecule has 0 aromatic carbocycles. The number of carbonyl (C=O) groups is 2. The zero-order valence-electron chi connectivity index (χ0n) is 12.8. The van der Waals surface area contributed by atoms with Gasteiger partial charge in [-0.2, -0.15) is 5.26 Å². The zero-order chi connectivity index (χ0) is 16.7. The molecule has 1 rings (SSSR count). The van der Waals surface area contributed by atoms with Crippen molar-refractivity contribution >= 4 is 17.9 Å². The Morgan fingerprint density at radius 3 is 2.14 bits per heavy atom. The highest BCUT2D eigenvalue weighted by molar-refractivity contribution is 6.10. The van der Waals surface area contributed by atoms with E-state index in [-0.39, 0.29) is 11.5 Å². The van der Waals surface area contributed by atoms with Crippen LogP contribution in [0.2, 0.25) is 0 Å². The Kier molecular flexibility index (Phi) is 6.13. The van der Waals surface area contributed by atoms with Crippen LogP contribution in [0.3, 0.4) is 0 Å². The van der Waals surface area contributed by atoms with Gasteiger partial charge in [-0.1, -0.05) is 5.01 Å². The number of imide groups is 1. The monoisotopic (exact) mass is 307 g/mol. The molecule has 2 amide bonds. The number of rotatable bonds is 4. The van der Waals surface area contributed by atoms with Gasteiger partial charge >= 0.3 is 12.2 Å². The third kappa shape index (κ3) is 4.94. The van der Waals surface area contributed by atoms with Gasteiger partial charge < -0.3 is 13.9 Å². The van der Waals surface area contributed by atoms with E-state index in [2.05, 4.69) is 5.10 Å². The molecule has 0 N–H and O–H groups in total. The SMILES string of the molecule is CC(C)OC(=O)N(/N=C(\C#N)c1ccco1)C(=O)OC(C)C. The minimum Gasteiger partial charge on any atom is -0.462 e. The number of hydrogen-bond donors (Lipinski definition) is 0. The van der Waals surface area contributed by atoms with Crippen molar-refractivity contribution in [3.63, 3.8) is 0 Å². The van der Waals surface area contributed by atoms with Crippen LogP contribution in [0.25, 0.3) is 0 Å². The quantitative estimate of drug-likeness (QED) is 0.625. The Hall–Kier alpha value is -2.82. The van der Waals surface area contributed by atoms with E-state index in [0.717, 1.165) is 0 Å². The predicted molar refractivity (Wildman–Crippen MR) is 75.9 cm³/mol. The minimum atomic E-state index is -1.04. The lowest BCUT2D eigenvalue weighted by Gasteiger charge is -2.18. The van der Waals surface area contributed by atoms with Gasteiger partial charge in [-0.25, -0.2) is 9.59 Å². The van der Waals surface area contributed by atoms with Gasteiger partial charge in [0.25, 0.3) is 0 Å². The summed E-state index contributed by atoms with van der Waals surface area (Å²) in [7, 11) is 0. The van der Waals surface area contributed by atoms with Gasteiger partial charge in [-0.15, -0.1) is 5.10 Å². The van der Waals surface area contributed by atoms with E-state index in [1.807, 2.05) is 0 Å². The molecule has 0 saturated heterocycles. The first-order valence-corrected chi connectivity index (χ1v) is 6.59. The van der Waals surface area contributed by atoms with E-state index in [0.29, 0.717) is 5.01 Å². The Bertz CT molecular complexity index is 562. The van der Waals surface area contributed by atoms with E-state index in [1.165, 1.54) is 12.3 Å². The fourth-order valence-corrected chi connectivity index (χ4v) is 1.30. The average molecular weight is 307 g/mol. The Morgan fingerprint density at radius 1 is 1.23 bits per heavy atom. The Morgan fingerprint density at radius 2 is 1.77 bits per heavy atom. The summed E-state index contributed by atoms with van der Waals surface area (Å²) in [5.74, 6) is 0.113. The van der Waals surface area contributed by atoms with Crippen LogP contribution in [0.15, 0.2) is 27.9 Å². The average Bonchev–Trinajstić information content (AvgIpc) is 2.91. The summed E-state index contributed by atoms with van der Waals surface area (Å²) in [6.07, 6.45) is -1.68. The summed E-state index contributed by atoms with van der Waals surface area (Å²) >= 11 is 0. The van der Waals surface area contributed by atoms with Crippen molar-refractivity contribution in [3.05, 3.63) is 24.2 Å². The highest BCUT2D eigenvalue weighted by atomic mass is 16.6. The molecule has 0 radical (unpaired) electrons. The molecule has 0 saturated carbocycles. The zero-order valence-corrected chi connectivity index (χ0v) is 12.8. The van der Waals surface area contributed by atoms with Gasteiger partial charge in [0.05, 0.1) is 18.5 Å². The summed E-state index contributed by atoms with van der Waals surface area (Å²) in [5, 5.41) is 13.2. The first-order valence-electron chi connectivity index (χ1n) is 6.59. The van der Waals surface area contributed by atoms with E-state index in [1.54, 1.807) is 39.8 Å². The summed E-state index contributed by atoms with van der Waals surface area (Å²) in [4.78, 5) is 23.9. The number of nitriles is 1. The number of amides is 2. The lowest BCUT2D eigenvalue weighted by molar-refractivity contribution is 0.0518. The van der Waals surface area contributed by atoms with Crippen LogP contribution >= 0.6 is 0 Å². The van der Waals surface area contributed by atoms with Gasteiger partial charge in [0.1, 0.15) is 6.07 Å². The van der Waals surface area contributed by atoms with Crippen molar-refractivity contribution in [2.45, 2.75) is 39.9 Å². The molecule has 1 aromatic heterocycles. The lowest BCUT2D eigenvalue weighted by atomic mass is 10.3. The fraction of sp³-hybridized carbons (Fsp3) is 0.429. The summed E-state index contributed by atoms with van der Waals surface area (Å²) < 4.78 is 14.9. The smallest absolute Gasteiger partial charge is 0.440 e. The number of hydrogen-bond acceptors (Lipinski definition) is 7. The number of nitrogens with zero attached hydrogens (tertiary/aromatic N) is 3. The molecule has 0 atom stereocenters. The molecule has 22 heavy (non-hydrogen) atoms. The summed E-state index contributed by atoms with van der Waals surface area (Å²) in [6, 6.07) is 4.77. The normalized spacial score (nSPS) is 11.2. The molecule has 0 aliphatic rings. The second-order valence-corrected chi connectivity index (χ2v) is 4.71. The fourth-order valence-electron chi connectivity index (χ4n) is 1.30. The second kappa shape index (κ2) is 7.83. The molecule has 0 unspecified atom stereocenters. The topological polar surface area (TPSA) is 105 Å². The van der Waals surface area contributed by atoms with E-state index in [4.69, 9.17) is 19.2 Å². The van der Waals surface area contributed by atoms with Crippen LogP contribution in [0, 0.1) is 11.3 Å². The van der Waals surface area contributed by atoms with Gasteiger partial charge in [0.15, 0.2) is 5.76 Å². The van der Waals surface area contributed by atoms with Crippen LogP contribution in [0.1, 0.15) is 33.5 Å². The molecule has 0 fully saturated rings. The minimum absolute atomic E-state index is 0.113. The van der Waals surface area contributed by atoms with Crippen LogP contribution in [-0.4, -0.2) is 35.1 Å². The first-order chi connectivity index (χ1) is 10.3. The van der Waals surface area contributed by atoms with Crippen LogP contribution in [0.5, 0.6) is 0 Å². The van der Waals surface area contributed by atoms with Crippen LogP contribution in [-0.2, 0) is 9.47 Å². The third-order valence-electron chi connectivity index (χ3n) is 2.08. The van der Waals surface area contributed by atoms with Crippen molar-refractivity contribution in [3.8, 4) is 6.07 Å². The molecule has 8 nitrogen and oxygen atoms in total. The molecule has 0 aliphatic heterocycles. The summed E-state index contributed by atoms with van der Waals surface area (Å²) in [6.45, 7) is 6.47. The molecule has 0 aliphatic carbocycles. The molecule has 0 bridgehead atoms. The maximum atomic E-state index is 12.0. The molecule has 1 aromatic rings. The Labute approximate surface area is 127 Å². The van der Waals surface area contributed by atoms with Gasteiger partial charge in [0, 0.05) is 0 Å². The Balaban J connectivity index is 3.11. The predicted octanol–water partition coefficient (Wildman–Crippen LogP) is 2.90.